The molecule has 17 heavy (non-hydrogen) atoms. The molecule has 4 heteroatoms. The Bertz CT molecular complexity index is 338. The molecule has 94 valence electrons. The highest BCUT2D eigenvalue weighted by atomic mass is 16.2. The lowest BCUT2D eigenvalue weighted by Gasteiger charge is -2.19. The Balaban J connectivity index is 1.82. The van der Waals surface area contributed by atoms with Crippen LogP contribution in [0.4, 0.5) is 4.79 Å². The molecule has 0 radical (unpaired) electrons. The van der Waals surface area contributed by atoms with Gasteiger partial charge in [-0.3, -0.25) is 4.90 Å². The van der Waals surface area contributed by atoms with Crippen LogP contribution in [-0.4, -0.2) is 66.5 Å². The number of hydrogen-bond acceptors (Lipinski definition) is 2. The summed E-state index contributed by atoms with van der Waals surface area (Å²) in [5.41, 5.74) is 0. The van der Waals surface area contributed by atoms with Crippen LogP contribution in [0.15, 0.2) is 0 Å². The summed E-state index contributed by atoms with van der Waals surface area (Å²) in [6, 6.07) is 0.142. The van der Waals surface area contributed by atoms with Crippen molar-refractivity contribution in [3.05, 3.63) is 0 Å². The van der Waals surface area contributed by atoms with Gasteiger partial charge in [0.2, 0.25) is 0 Å². The van der Waals surface area contributed by atoms with Crippen molar-refractivity contribution in [1.82, 2.24) is 14.7 Å². The summed E-state index contributed by atoms with van der Waals surface area (Å²) in [4.78, 5) is 17.7. The normalized spacial score (nSPS) is 22.8. The Labute approximate surface area is 104 Å². The summed E-state index contributed by atoms with van der Waals surface area (Å²) >= 11 is 0. The van der Waals surface area contributed by atoms with Gasteiger partial charge in [0.05, 0.1) is 12.6 Å². The van der Waals surface area contributed by atoms with E-state index in [-0.39, 0.29) is 12.1 Å². The summed E-state index contributed by atoms with van der Waals surface area (Å²) in [5.74, 6) is 6.39. The quantitative estimate of drug-likeness (QED) is 0.663. The second-order valence-corrected chi connectivity index (χ2v) is 4.88. The van der Waals surface area contributed by atoms with E-state index in [9.17, 15) is 4.79 Å². The average Bonchev–Trinajstić information content (AvgIpc) is 2.91. The molecule has 0 bridgehead atoms. The fourth-order valence-corrected chi connectivity index (χ4v) is 2.35. The first-order valence-corrected chi connectivity index (χ1v) is 6.41. The summed E-state index contributed by atoms with van der Waals surface area (Å²) in [5, 5.41) is 0. The molecule has 4 nitrogen and oxygen atoms in total. The summed E-state index contributed by atoms with van der Waals surface area (Å²) < 4.78 is 0. The molecule has 0 saturated carbocycles. The van der Waals surface area contributed by atoms with Gasteiger partial charge in [0.1, 0.15) is 0 Å². The highest BCUT2D eigenvalue weighted by molar-refractivity contribution is 5.76. The maximum Gasteiger partial charge on any atom is 0.320 e. The van der Waals surface area contributed by atoms with Crippen LogP contribution in [0.5, 0.6) is 0 Å². The number of nitrogens with zero attached hydrogens (tertiary/aromatic N) is 3. The van der Waals surface area contributed by atoms with Crippen LogP contribution in [0.1, 0.15) is 19.8 Å². The monoisotopic (exact) mass is 235 g/mol. The van der Waals surface area contributed by atoms with Crippen molar-refractivity contribution in [2.45, 2.75) is 25.8 Å². The Hall–Kier alpha value is -1.21. The van der Waals surface area contributed by atoms with Crippen LogP contribution < -0.4 is 0 Å². The van der Waals surface area contributed by atoms with Crippen LogP contribution in [0, 0.1) is 11.8 Å². The Morgan fingerprint density at radius 1 is 1.24 bits per heavy atom. The topological polar surface area (TPSA) is 26.8 Å². The van der Waals surface area contributed by atoms with Gasteiger partial charge >= 0.3 is 6.03 Å². The smallest absolute Gasteiger partial charge is 0.320 e. The van der Waals surface area contributed by atoms with Crippen LogP contribution >= 0.6 is 0 Å². The highest BCUT2D eigenvalue weighted by Gasteiger charge is 2.28. The molecule has 0 aliphatic carbocycles. The van der Waals surface area contributed by atoms with E-state index in [0.29, 0.717) is 0 Å². The third kappa shape index (κ3) is 2.92. The van der Waals surface area contributed by atoms with E-state index in [1.54, 1.807) is 4.90 Å². The van der Waals surface area contributed by atoms with Crippen molar-refractivity contribution in [2.75, 3.05) is 39.8 Å². The van der Waals surface area contributed by atoms with Crippen LogP contribution in [0.3, 0.4) is 0 Å². The minimum Gasteiger partial charge on any atom is -0.326 e. The lowest BCUT2D eigenvalue weighted by Crippen LogP contribution is -2.35. The van der Waals surface area contributed by atoms with Crippen molar-refractivity contribution >= 4 is 6.03 Å². The lowest BCUT2D eigenvalue weighted by molar-refractivity contribution is 0.194. The standard InChI is InChI=1S/C13H21N3O/c1-12(16-11-10-14(2)13(16)17)6-5-9-15-7-3-4-8-15/h12H,3-4,7-11H2,1-2H3/t12-/m1/s1. The molecule has 2 amide bonds. The van der Waals surface area contributed by atoms with Crippen LogP contribution in [0.2, 0.25) is 0 Å². The zero-order valence-electron chi connectivity index (χ0n) is 10.8. The number of likely N-dealkylation sites (tertiary alicyclic amines) is 1. The minimum atomic E-state index is 0.0371. The second kappa shape index (κ2) is 5.42. The van der Waals surface area contributed by atoms with Gasteiger partial charge in [-0.1, -0.05) is 11.8 Å². The van der Waals surface area contributed by atoms with E-state index in [1.807, 2.05) is 18.9 Å². The first-order chi connectivity index (χ1) is 8.18. The first kappa shape index (κ1) is 12.3. The molecule has 2 rings (SSSR count). The predicted molar refractivity (Wildman–Crippen MR) is 67.6 cm³/mol. The molecule has 2 saturated heterocycles. The van der Waals surface area contributed by atoms with E-state index in [1.165, 1.54) is 25.9 Å². The number of rotatable bonds is 2. The molecule has 1 atom stereocenters. The molecule has 0 N–H and O–H groups in total. The zero-order chi connectivity index (χ0) is 12.3. The van der Waals surface area contributed by atoms with Gasteiger partial charge in [-0.2, -0.15) is 0 Å². The number of hydrogen-bond donors (Lipinski definition) is 0. The number of carbonyl (C=O) groups excluding carboxylic acids is 1. The highest BCUT2D eigenvalue weighted by Crippen LogP contribution is 2.10. The van der Waals surface area contributed by atoms with Gasteiger partial charge in [0, 0.05) is 20.1 Å². The molecule has 2 aliphatic heterocycles. The lowest BCUT2D eigenvalue weighted by atomic mass is 10.3. The van der Waals surface area contributed by atoms with Gasteiger partial charge in [0.25, 0.3) is 0 Å². The minimum absolute atomic E-state index is 0.0371. The van der Waals surface area contributed by atoms with E-state index in [4.69, 9.17) is 0 Å². The Morgan fingerprint density at radius 3 is 2.53 bits per heavy atom. The summed E-state index contributed by atoms with van der Waals surface area (Å²) in [6.07, 6.45) is 2.60. The Kier molecular flexibility index (Phi) is 3.90. The van der Waals surface area contributed by atoms with E-state index in [0.717, 1.165) is 19.6 Å². The molecule has 2 heterocycles. The van der Waals surface area contributed by atoms with Gasteiger partial charge < -0.3 is 9.80 Å². The largest absolute Gasteiger partial charge is 0.326 e. The number of carbonyl (C=O) groups is 1. The fourth-order valence-electron chi connectivity index (χ4n) is 2.35. The van der Waals surface area contributed by atoms with Crippen molar-refractivity contribution in [3.8, 4) is 11.8 Å². The van der Waals surface area contributed by atoms with Gasteiger partial charge in [-0.15, -0.1) is 0 Å². The zero-order valence-corrected chi connectivity index (χ0v) is 10.8. The first-order valence-electron chi connectivity index (χ1n) is 6.41. The number of amides is 2. The Morgan fingerprint density at radius 2 is 1.94 bits per heavy atom. The van der Waals surface area contributed by atoms with Gasteiger partial charge in [0.15, 0.2) is 0 Å². The molecule has 2 aliphatic rings. The molecule has 0 spiro atoms. The SMILES string of the molecule is C[C@H](C#CCN1CCCC1)N1CCN(C)C1=O. The molecule has 0 aromatic rings. The maximum absolute atomic E-state index is 11.7. The van der Waals surface area contributed by atoms with Crippen molar-refractivity contribution < 1.29 is 4.79 Å². The molecule has 0 aromatic heterocycles. The average molecular weight is 235 g/mol. The maximum atomic E-state index is 11.7. The van der Waals surface area contributed by atoms with Crippen molar-refractivity contribution in [2.24, 2.45) is 0 Å². The van der Waals surface area contributed by atoms with E-state index >= 15 is 0 Å². The van der Waals surface area contributed by atoms with Crippen molar-refractivity contribution in [3.63, 3.8) is 0 Å². The number of likely N-dealkylation sites (N-methyl/N-ethyl adjacent to an activating group) is 1. The van der Waals surface area contributed by atoms with Crippen molar-refractivity contribution in [1.29, 1.82) is 0 Å². The number of urea groups is 1. The molecular formula is C13H21N3O. The fraction of sp³-hybridized carbons (Fsp3) is 0.769. The van der Waals surface area contributed by atoms with Crippen LogP contribution in [0.25, 0.3) is 0 Å². The third-order valence-electron chi connectivity index (χ3n) is 3.53. The van der Waals surface area contributed by atoms with E-state index < -0.39 is 0 Å². The third-order valence-corrected chi connectivity index (χ3v) is 3.53. The molecular weight excluding hydrogens is 214 g/mol. The van der Waals surface area contributed by atoms with E-state index in [2.05, 4.69) is 16.7 Å². The second-order valence-electron chi connectivity index (χ2n) is 4.88. The molecule has 0 unspecified atom stereocenters. The molecule has 0 aromatic carbocycles. The van der Waals surface area contributed by atoms with Gasteiger partial charge in [-0.05, 0) is 32.9 Å². The van der Waals surface area contributed by atoms with Crippen LogP contribution in [-0.2, 0) is 0 Å². The summed E-state index contributed by atoms with van der Waals surface area (Å²) in [7, 11) is 1.84. The van der Waals surface area contributed by atoms with Gasteiger partial charge in [-0.25, -0.2) is 4.79 Å². The molecule has 2 fully saturated rings. The summed E-state index contributed by atoms with van der Waals surface area (Å²) in [6.45, 7) is 6.82. The predicted octanol–water partition coefficient (Wildman–Crippen LogP) is 0.841.